The summed E-state index contributed by atoms with van der Waals surface area (Å²) < 4.78 is 6.74. The maximum atomic E-state index is 14.1. The molecule has 3 saturated heterocycles. The van der Waals surface area contributed by atoms with Crippen LogP contribution in [0.25, 0.3) is 10.8 Å². The Hall–Kier alpha value is -3.75. The maximum absolute atomic E-state index is 14.1. The van der Waals surface area contributed by atoms with Crippen LogP contribution >= 0.6 is 0 Å². The molecule has 7 atom stereocenters. The van der Waals surface area contributed by atoms with E-state index in [0.29, 0.717) is 18.7 Å². The second-order valence-corrected chi connectivity index (χ2v) is 11.7. The van der Waals surface area contributed by atoms with Crippen molar-refractivity contribution in [2.75, 3.05) is 11.9 Å². The normalized spacial score (nSPS) is 31.3. The zero-order valence-corrected chi connectivity index (χ0v) is 23.0. The van der Waals surface area contributed by atoms with Gasteiger partial charge in [0.15, 0.2) is 0 Å². The zero-order chi connectivity index (χ0) is 28.2. The fourth-order valence-corrected chi connectivity index (χ4v) is 7.31. The lowest BCUT2D eigenvalue weighted by atomic mass is 9.62. The molecule has 0 aromatic heterocycles. The first-order chi connectivity index (χ1) is 19.2. The van der Waals surface area contributed by atoms with Crippen molar-refractivity contribution in [1.82, 2.24) is 10.2 Å². The van der Waals surface area contributed by atoms with E-state index >= 15 is 0 Å². The Labute approximate surface area is 233 Å². The molecule has 3 unspecified atom stereocenters. The van der Waals surface area contributed by atoms with Crippen molar-refractivity contribution < 1.29 is 24.2 Å². The number of hydrogen-bond acceptors (Lipinski definition) is 5. The van der Waals surface area contributed by atoms with Crippen LogP contribution in [0.3, 0.4) is 0 Å². The van der Waals surface area contributed by atoms with Gasteiger partial charge in [0.1, 0.15) is 11.6 Å². The molecule has 3 aromatic rings. The first-order valence-electron chi connectivity index (χ1n) is 13.9. The van der Waals surface area contributed by atoms with E-state index in [0.717, 1.165) is 16.3 Å². The Morgan fingerprint density at radius 2 is 1.75 bits per heavy atom. The van der Waals surface area contributed by atoms with Crippen molar-refractivity contribution >= 4 is 34.2 Å². The fourth-order valence-electron chi connectivity index (χ4n) is 7.31. The number of nitrogens with zero attached hydrogens (tertiary/aromatic N) is 1. The largest absolute Gasteiger partial charge is 0.394 e. The number of hydrogen-bond donors (Lipinski definition) is 3. The Kier molecular flexibility index (Phi) is 6.43. The summed E-state index contributed by atoms with van der Waals surface area (Å²) in [5.41, 5.74) is -0.521. The van der Waals surface area contributed by atoms with E-state index in [1.54, 1.807) is 6.92 Å². The molecule has 2 bridgehead atoms. The molecule has 0 radical (unpaired) electrons. The van der Waals surface area contributed by atoms with Crippen LogP contribution in [-0.2, 0) is 25.7 Å². The first kappa shape index (κ1) is 26.5. The summed E-state index contributed by atoms with van der Waals surface area (Å²) >= 11 is 0. The Morgan fingerprint density at radius 1 is 1.05 bits per heavy atom. The molecule has 6 rings (SSSR count). The van der Waals surface area contributed by atoms with Crippen LogP contribution in [0.15, 0.2) is 72.8 Å². The molecular weight excluding hydrogens is 506 g/mol. The van der Waals surface area contributed by atoms with Crippen LogP contribution < -0.4 is 10.6 Å². The quantitative estimate of drug-likeness (QED) is 0.425. The number of anilines is 1. The number of carbonyl (C=O) groups excluding carboxylic acids is 3. The molecule has 3 aliphatic rings. The van der Waals surface area contributed by atoms with Crippen LogP contribution in [0.2, 0.25) is 0 Å². The third kappa shape index (κ3) is 3.92. The first-order valence-corrected chi connectivity index (χ1v) is 13.9. The summed E-state index contributed by atoms with van der Waals surface area (Å²) in [6, 6.07) is 21.5. The Balaban J connectivity index is 1.35. The van der Waals surface area contributed by atoms with E-state index < -0.39 is 35.1 Å². The molecule has 3 aromatic carbocycles. The number of rotatable bonds is 7. The number of likely N-dealkylation sites (tertiary alicyclic amines) is 1. The van der Waals surface area contributed by atoms with Gasteiger partial charge in [-0.05, 0) is 54.7 Å². The van der Waals surface area contributed by atoms with Gasteiger partial charge in [0.05, 0.1) is 30.1 Å². The van der Waals surface area contributed by atoms with Crippen molar-refractivity contribution in [2.24, 2.45) is 17.8 Å². The van der Waals surface area contributed by atoms with Crippen LogP contribution in [-0.4, -0.2) is 57.6 Å². The number of benzene rings is 3. The molecule has 40 heavy (non-hydrogen) atoms. The number of nitrogens with one attached hydrogen (secondary N) is 2. The molecule has 3 N–H and O–H groups in total. The SMILES string of the molecule is CC1CC23O[C@@]1(C)[C@H](C(=O)NCc1ccccc1)[C@H]2C(=O)N([C@H](C)CO)C3C(=O)Nc1ccc2ccccc2c1. The second kappa shape index (κ2) is 9.71. The van der Waals surface area contributed by atoms with Crippen LogP contribution in [0.4, 0.5) is 5.69 Å². The highest BCUT2D eigenvalue weighted by molar-refractivity contribution is 6.04. The van der Waals surface area contributed by atoms with E-state index in [9.17, 15) is 19.5 Å². The summed E-state index contributed by atoms with van der Waals surface area (Å²) in [4.78, 5) is 43.4. The number of aliphatic hydroxyl groups is 1. The van der Waals surface area contributed by atoms with Crippen molar-refractivity contribution in [3.05, 3.63) is 78.4 Å². The maximum Gasteiger partial charge on any atom is 0.250 e. The summed E-state index contributed by atoms with van der Waals surface area (Å²) in [6.45, 7) is 5.64. The predicted molar refractivity (Wildman–Crippen MR) is 151 cm³/mol. The van der Waals surface area contributed by atoms with Gasteiger partial charge < -0.3 is 25.4 Å². The molecule has 3 heterocycles. The lowest BCUT2D eigenvalue weighted by Crippen LogP contribution is -2.56. The molecule has 3 amide bonds. The average molecular weight is 542 g/mol. The summed E-state index contributed by atoms with van der Waals surface area (Å²) in [7, 11) is 0. The monoisotopic (exact) mass is 541 g/mol. The summed E-state index contributed by atoms with van der Waals surface area (Å²) in [5.74, 6) is -2.62. The van der Waals surface area contributed by atoms with Gasteiger partial charge in [-0.3, -0.25) is 14.4 Å². The van der Waals surface area contributed by atoms with Crippen LogP contribution in [0, 0.1) is 17.8 Å². The minimum atomic E-state index is -1.18. The molecule has 208 valence electrons. The van der Waals surface area contributed by atoms with Crippen molar-refractivity contribution in [3.63, 3.8) is 0 Å². The third-order valence-electron chi connectivity index (χ3n) is 9.35. The molecular formula is C32H35N3O5. The van der Waals surface area contributed by atoms with E-state index in [2.05, 4.69) is 10.6 Å². The molecule has 3 aliphatic heterocycles. The number of amides is 3. The predicted octanol–water partition coefficient (Wildman–Crippen LogP) is 3.49. The molecule has 3 fully saturated rings. The molecule has 0 aliphatic carbocycles. The van der Waals surface area contributed by atoms with Gasteiger partial charge in [-0.1, -0.05) is 67.6 Å². The van der Waals surface area contributed by atoms with Gasteiger partial charge in [0, 0.05) is 12.2 Å². The van der Waals surface area contributed by atoms with Gasteiger partial charge in [-0.2, -0.15) is 0 Å². The van der Waals surface area contributed by atoms with E-state index in [1.807, 2.05) is 86.6 Å². The van der Waals surface area contributed by atoms with Gasteiger partial charge in [0.25, 0.3) is 0 Å². The second-order valence-electron chi connectivity index (χ2n) is 11.7. The highest BCUT2D eigenvalue weighted by atomic mass is 16.5. The molecule has 8 nitrogen and oxygen atoms in total. The van der Waals surface area contributed by atoms with E-state index in [4.69, 9.17) is 4.74 Å². The van der Waals surface area contributed by atoms with Gasteiger partial charge in [0.2, 0.25) is 17.7 Å². The average Bonchev–Trinajstić information content (AvgIpc) is 3.48. The highest BCUT2D eigenvalue weighted by Gasteiger charge is 2.80. The lowest BCUT2D eigenvalue weighted by Gasteiger charge is -2.36. The minimum Gasteiger partial charge on any atom is -0.394 e. The van der Waals surface area contributed by atoms with Crippen LogP contribution in [0.5, 0.6) is 0 Å². The van der Waals surface area contributed by atoms with Gasteiger partial charge in [-0.25, -0.2) is 0 Å². The number of ether oxygens (including phenoxy) is 1. The topological polar surface area (TPSA) is 108 Å². The minimum absolute atomic E-state index is 0.0654. The Morgan fingerprint density at radius 3 is 2.48 bits per heavy atom. The molecule has 1 spiro atoms. The zero-order valence-electron chi connectivity index (χ0n) is 23.0. The molecule has 0 saturated carbocycles. The third-order valence-corrected chi connectivity index (χ3v) is 9.35. The Bertz CT molecular complexity index is 1480. The summed E-state index contributed by atoms with van der Waals surface area (Å²) in [6.07, 6.45) is 0.465. The fraction of sp³-hybridized carbons (Fsp3) is 0.406. The van der Waals surface area contributed by atoms with Crippen molar-refractivity contribution in [1.29, 1.82) is 0 Å². The van der Waals surface area contributed by atoms with E-state index in [-0.39, 0.29) is 30.2 Å². The molecule has 8 heteroatoms. The lowest BCUT2D eigenvalue weighted by molar-refractivity contribution is -0.148. The number of carbonyl (C=O) groups is 3. The number of aliphatic hydroxyl groups excluding tert-OH is 1. The van der Waals surface area contributed by atoms with Gasteiger partial charge in [-0.15, -0.1) is 0 Å². The van der Waals surface area contributed by atoms with Crippen LogP contribution in [0.1, 0.15) is 32.8 Å². The smallest absolute Gasteiger partial charge is 0.250 e. The number of fused-ring (bicyclic) bond motifs is 2. The summed E-state index contributed by atoms with van der Waals surface area (Å²) in [5, 5.41) is 18.2. The highest BCUT2D eigenvalue weighted by Crippen LogP contribution is 2.65. The van der Waals surface area contributed by atoms with E-state index in [1.165, 1.54) is 4.90 Å². The van der Waals surface area contributed by atoms with Crippen molar-refractivity contribution in [2.45, 2.75) is 57.0 Å². The standard InChI is InChI=1S/C32H35N3O5/c1-19-16-32-26(25(31(19,3)40-32)28(37)33-17-21-9-5-4-6-10-21)30(39)35(20(2)18-36)27(32)29(38)34-24-14-13-22-11-7-8-12-23(22)15-24/h4-15,19-20,25-27,36H,16-18H2,1-3H3,(H,33,37)(H,34,38)/t19?,20-,25+,26+,27?,31-,32?/m1/s1. The van der Waals surface area contributed by atoms with Crippen molar-refractivity contribution in [3.8, 4) is 0 Å². The van der Waals surface area contributed by atoms with Gasteiger partial charge >= 0.3 is 0 Å².